The van der Waals surface area contributed by atoms with Gasteiger partial charge in [0.1, 0.15) is 5.70 Å². The first-order valence-corrected chi connectivity index (χ1v) is 9.15. The van der Waals surface area contributed by atoms with Crippen molar-refractivity contribution in [2.75, 3.05) is 23.3 Å². The third kappa shape index (κ3) is 5.71. The van der Waals surface area contributed by atoms with Crippen LogP contribution in [0.1, 0.15) is 31.9 Å². The number of nitrogens with zero attached hydrogens (tertiary/aromatic N) is 1. The summed E-state index contributed by atoms with van der Waals surface area (Å²) in [6.07, 6.45) is 1.69. The third-order valence-corrected chi connectivity index (χ3v) is 4.30. The molecule has 2 aromatic carbocycles. The number of amides is 2. The molecule has 2 rings (SSSR count). The molecule has 0 radical (unpaired) electrons. The van der Waals surface area contributed by atoms with Crippen LogP contribution in [0.4, 0.5) is 11.4 Å². The number of rotatable bonds is 7. The normalized spacial score (nSPS) is 11.0. The van der Waals surface area contributed by atoms with Gasteiger partial charge in [-0.1, -0.05) is 24.3 Å². The van der Waals surface area contributed by atoms with Crippen LogP contribution in [0.2, 0.25) is 0 Å². The molecule has 0 heterocycles. The summed E-state index contributed by atoms with van der Waals surface area (Å²) in [5.41, 5.74) is 3.90. The summed E-state index contributed by atoms with van der Waals surface area (Å²) < 4.78 is 0. The summed E-state index contributed by atoms with van der Waals surface area (Å²) in [6, 6.07) is 15.4. The van der Waals surface area contributed by atoms with Gasteiger partial charge in [-0.2, -0.15) is 0 Å². The Balaban J connectivity index is 2.21. The van der Waals surface area contributed by atoms with Gasteiger partial charge in [-0.05, 0) is 62.2 Å². The molecule has 2 aromatic rings. The Kier molecular flexibility index (Phi) is 7.17. The Bertz CT molecular complexity index is 822. The van der Waals surface area contributed by atoms with Crippen molar-refractivity contribution in [3.05, 3.63) is 65.4 Å². The van der Waals surface area contributed by atoms with Crippen LogP contribution in [0.25, 0.3) is 6.08 Å². The molecule has 0 aliphatic rings. The molecule has 2 N–H and O–H groups in total. The highest BCUT2D eigenvalue weighted by atomic mass is 16.2. The van der Waals surface area contributed by atoms with Crippen LogP contribution in [0.3, 0.4) is 0 Å². The summed E-state index contributed by atoms with van der Waals surface area (Å²) in [4.78, 5) is 26.5. The zero-order valence-corrected chi connectivity index (χ0v) is 16.4. The fourth-order valence-corrected chi connectivity index (χ4v) is 2.80. The van der Waals surface area contributed by atoms with E-state index >= 15 is 0 Å². The topological polar surface area (TPSA) is 61.4 Å². The van der Waals surface area contributed by atoms with E-state index in [1.807, 2.05) is 55.5 Å². The lowest BCUT2D eigenvalue weighted by molar-refractivity contribution is -0.120. The molecular formula is C22H27N3O2. The lowest BCUT2D eigenvalue weighted by Gasteiger charge is -2.21. The highest BCUT2D eigenvalue weighted by Crippen LogP contribution is 2.18. The van der Waals surface area contributed by atoms with Crippen LogP contribution in [0, 0.1) is 6.92 Å². The number of hydrogen-bond acceptors (Lipinski definition) is 3. The van der Waals surface area contributed by atoms with Gasteiger partial charge >= 0.3 is 0 Å². The van der Waals surface area contributed by atoms with Gasteiger partial charge in [-0.3, -0.25) is 9.59 Å². The zero-order chi connectivity index (χ0) is 19.8. The van der Waals surface area contributed by atoms with Crippen molar-refractivity contribution in [1.82, 2.24) is 5.32 Å². The van der Waals surface area contributed by atoms with Gasteiger partial charge in [0.2, 0.25) is 5.91 Å². The van der Waals surface area contributed by atoms with Crippen LogP contribution in [-0.2, 0) is 9.59 Å². The van der Waals surface area contributed by atoms with Crippen LogP contribution in [0.5, 0.6) is 0 Å². The van der Waals surface area contributed by atoms with Gasteiger partial charge in [0, 0.05) is 31.4 Å². The van der Waals surface area contributed by atoms with Crippen molar-refractivity contribution in [3.63, 3.8) is 0 Å². The average molecular weight is 365 g/mol. The second kappa shape index (κ2) is 9.57. The van der Waals surface area contributed by atoms with Crippen LogP contribution >= 0.6 is 0 Å². The molecule has 2 amide bonds. The monoisotopic (exact) mass is 365 g/mol. The van der Waals surface area contributed by atoms with E-state index in [1.54, 1.807) is 6.08 Å². The van der Waals surface area contributed by atoms with Crippen molar-refractivity contribution < 1.29 is 9.59 Å². The molecule has 0 unspecified atom stereocenters. The molecule has 142 valence electrons. The van der Waals surface area contributed by atoms with Crippen molar-refractivity contribution in [1.29, 1.82) is 0 Å². The van der Waals surface area contributed by atoms with Crippen molar-refractivity contribution in [3.8, 4) is 0 Å². The van der Waals surface area contributed by atoms with E-state index in [9.17, 15) is 9.59 Å². The number of anilines is 2. The molecule has 0 aromatic heterocycles. The fourth-order valence-electron chi connectivity index (χ4n) is 2.80. The highest BCUT2D eigenvalue weighted by Gasteiger charge is 2.12. The summed E-state index contributed by atoms with van der Waals surface area (Å²) in [5, 5.41) is 5.47. The lowest BCUT2D eigenvalue weighted by atomic mass is 10.1. The van der Waals surface area contributed by atoms with Gasteiger partial charge in [0.15, 0.2) is 0 Å². The van der Waals surface area contributed by atoms with Gasteiger partial charge in [-0.25, -0.2) is 0 Å². The van der Waals surface area contributed by atoms with Gasteiger partial charge in [0.25, 0.3) is 5.91 Å². The smallest absolute Gasteiger partial charge is 0.272 e. The Labute approximate surface area is 161 Å². The molecule has 0 aliphatic heterocycles. The van der Waals surface area contributed by atoms with E-state index in [1.165, 1.54) is 6.92 Å². The SMILES string of the molecule is CCN(CC)c1ccc(NC(=O)C(=Cc2ccccc2C)NC(C)=O)cc1. The van der Waals surface area contributed by atoms with Crippen LogP contribution in [0.15, 0.2) is 54.2 Å². The first-order chi connectivity index (χ1) is 12.9. The Hall–Kier alpha value is -3.08. The number of carbonyl (C=O) groups is 2. The standard InChI is InChI=1S/C22H27N3O2/c1-5-25(6-2)20-13-11-19(12-14-20)24-22(27)21(23-17(4)26)15-18-10-8-7-9-16(18)3/h7-15H,5-6H2,1-4H3,(H,23,26)(H,24,27). The molecule has 0 saturated heterocycles. The van der Waals surface area contributed by atoms with E-state index < -0.39 is 0 Å². The second-order valence-corrected chi connectivity index (χ2v) is 6.27. The van der Waals surface area contributed by atoms with E-state index in [4.69, 9.17) is 0 Å². The minimum atomic E-state index is -0.357. The quantitative estimate of drug-likeness (QED) is 0.730. The van der Waals surface area contributed by atoms with Crippen molar-refractivity contribution in [2.45, 2.75) is 27.7 Å². The first-order valence-electron chi connectivity index (χ1n) is 9.15. The van der Waals surface area contributed by atoms with Crippen molar-refractivity contribution in [2.24, 2.45) is 0 Å². The summed E-state index contributed by atoms with van der Waals surface area (Å²) >= 11 is 0. The van der Waals surface area contributed by atoms with Gasteiger partial charge < -0.3 is 15.5 Å². The van der Waals surface area contributed by atoms with Gasteiger partial charge in [-0.15, -0.1) is 0 Å². The zero-order valence-electron chi connectivity index (χ0n) is 16.4. The number of hydrogen-bond donors (Lipinski definition) is 2. The van der Waals surface area contributed by atoms with Crippen molar-refractivity contribution >= 4 is 29.3 Å². The molecule has 5 heteroatoms. The molecule has 0 fully saturated rings. The number of aryl methyl sites for hydroxylation is 1. The maximum absolute atomic E-state index is 12.7. The van der Waals surface area contributed by atoms with E-state index in [0.717, 1.165) is 29.9 Å². The molecule has 27 heavy (non-hydrogen) atoms. The lowest BCUT2D eigenvalue weighted by Crippen LogP contribution is -2.29. The molecule has 0 aliphatic carbocycles. The third-order valence-electron chi connectivity index (χ3n) is 4.30. The molecule has 0 spiro atoms. The summed E-state index contributed by atoms with van der Waals surface area (Å²) in [7, 11) is 0. The Morgan fingerprint density at radius 3 is 2.19 bits per heavy atom. The largest absolute Gasteiger partial charge is 0.372 e. The molecular weight excluding hydrogens is 338 g/mol. The highest BCUT2D eigenvalue weighted by molar-refractivity contribution is 6.08. The van der Waals surface area contributed by atoms with E-state index in [0.29, 0.717) is 5.69 Å². The maximum atomic E-state index is 12.7. The van der Waals surface area contributed by atoms with Crippen LogP contribution in [-0.4, -0.2) is 24.9 Å². The molecule has 0 bridgehead atoms. The number of carbonyl (C=O) groups excluding carboxylic acids is 2. The fraction of sp³-hybridized carbons (Fsp3) is 0.273. The summed E-state index contributed by atoms with van der Waals surface area (Å²) in [5.74, 6) is -0.647. The van der Waals surface area contributed by atoms with E-state index in [2.05, 4.69) is 29.4 Å². The van der Waals surface area contributed by atoms with Gasteiger partial charge in [0.05, 0.1) is 0 Å². The van der Waals surface area contributed by atoms with E-state index in [-0.39, 0.29) is 17.5 Å². The molecule has 0 saturated carbocycles. The Morgan fingerprint density at radius 2 is 1.63 bits per heavy atom. The number of benzene rings is 2. The Morgan fingerprint density at radius 1 is 1.00 bits per heavy atom. The minimum Gasteiger partial charge on any atom is -0.372 e. The minimum absolute atomic E-state index is 0.213. The first kappa shape index (κ1) is 20.2. The molecule has 5 nitrogen and oxygen atoms in total. The van der Waals surface area contributed by atoms with Crippen LogP contribution < -0.4 is 15.5 Å². The second-order valence-electron chi connectivity index (χ2n) is 6.27. The maximum Gasteiger partial charge on any atom is 0.272 e. The predicted molar refractivity (Wildman–Crippen MR) is 112 cm³/mol. The predicted octanol–water partition coefficient (Wildman–Crippen LogP) is 3.96. The summed E-state index contributed by atoms with van der Waals surface area (Å²) in [6.45, 7) is 9.41. The average Bonchev–Trinajstić information content (AvgIpc) is 2.65. The molecule has 0 atom stereocenters. The number of nitrogens with one attached hydrogen (secondary N) is 2.